The second-order valence-corrected chi connectivity index (χ2v) is 7.41. The SMILES string of the molecule is CSC[S@](=O)C[C@H](CO)NC(=O)/C=C\c1c(C)[nH]c(=O)[nH]c1=O. The fourth-order valence-corrected chi connectivity index (χ4v) is 3.84. The van der Waals surface area contributed by atoms with Crippen molar-refractivity contribution in [3.8, 4) is 0 Å². The van der Waals surface area contributed by atoms with Crippen molar-refractivity contribution < 1.29 is 14.1 Å². The fraction of sp³-hybridized carbons (Fsp3) is 0.462. The van der Waals surface area contributed by atoms with Crippen molar-refractivity contribution in [2.45, 2.75) is 13.0 Å². The van der Waals surface area contributed by atoms with Crippen molar-refractivity contribution in [1.82, 2.24) is 15.3 Å². The van der Waals surface area contributed by atoms with E-state index in [1.807, 2.05) is 6.26 Å². The molecule has 0 unspecified atom stereocenters. The molecule has 2 atom stereocenters. The normalized spacial score (nSPS) is 13.9. The zero-order valence-corrected chi connectivity index (χ0v) is 14.4. The molecule has 0 aliphatic carbocycles. The summed E-state index contributed by atoms with van der Waals surface area (Å²) in [6.45, 7) is 1.20. The molecular formula is C13H19N3O5S2. The molecule has 0 radical (unpaired) electrons. The van der Waals surface area contributed by atoms with Gasteiger partial charge < -0.3 is 15.4 Å². The third-order valence-corrected chi connectivity index (χ3v) is 5.55. The predicted octanol–water partition coefficient (Wildman–Crippen LogP) is -1.07. The lowest BCUT2D eigenvalue weighted by molar-refractivity contribution is -0.117. The predicted molar refractivity (Wildman–Crippen MR) is 91.9 cm³/mol. The van der Waals surface area contributed by atoms with Gasteiger partial charge in [-0.1, -0.05) is 0 Å². The Morgan fingerprint density at radius 1 is 1.43 bits per heavy atom. The molecule has 10 heteroatoms. The summed E-state index contributed by atoms with van der Waals surface area (Å²) in [5, 5.41) is 12.2. The van der Waals surface area contributed by atoms with Crippen LogP contribution in [0.15, 0.2) is 15.7 Å². The molecule has 0 saturated heterocycles. The minimum atomic E-state index is -1.15. The average Bonchev–Trinajstić information content (AvgIpc) is 2.45. The second-order valence-electron chi connectivity index (χ2n) is 4.68. The molecule has 0 bridgehead atoms. The molecule has 0 saturated carbocycles. The van der Waals surface area contributed by atoms with Crippen LogP contribution in [0.1, 0.15) is 11.3 Å². The number of aromatic amines is 2. The van der Waals surface area contributed by atoms with E-state index in [9.17, 15) is 23.7 Å². The number of thioether (sulfide) groups is 1. The number of carbonyl (C=O) groups excluding carboxylic acids is 1. The lowest BCUT2D eigenvalue weighted by Crippen LogP contribution is -2.40. The van der Waals surface area contributed by atoms with Crippen LogP contribution in [0.2, 0.25) is 0 Å². The third-order valence-electron chi connectivity index (χ3n) is 2.78. The summed E-state index contributed by atoms with van der Waals surface area (Å²) >= 11 is 1.42. The van der Waals surface area contributed by atoms with Gasteiger partial charge in [-0.05, 0) is 19.3 Å². The standard InChI is InChI=1S/C13H19N3O5S2/c1-8-10(12(19)16-13(20)14-8)3-4-11(18)15-9(5-17)6-23(21)7-22-2/h3-4,9,17H,5-7H2,1-2H3,(H,15,18)(H2,14,16,19,20)/b4-3-/t9-,23+/m0/s1. The number of aromatic nitrogens is 2. The van der Waals surface area contributed by atoms with Gasteiger partial charge in [0.25, 0.3) is 5.56 Å². The average molecular weight is 361 g/mol. The molecule has 23 heavy (non-hydrogen) atoms. The summed E-state index contributed by atoms with van der Waals surface area (Å²) in [6, 6.07) is -0.630. The number of H-pyrrole nitrogens is 2. The van der Waals surface area contributed by atoms with Gasteiger partial charge in [0, 0.05) is 28.3 Å². The summed E-state index contributed by atoms with van der Waals surface area (Å²) in [6.07, 6.45) is 4.21. The van der Waals surface area contributed by atoms with Crippen molar-refractivity contribution in [2.75, 3.05) is 23.7 Å². The maximum atomic E-state index is 11.8. The van der Waals surface area contributed by atoms with E-state index in [0.29, 0.717) is 10.8 Å². The van der Waals surface area contributed by atoms with Crippen LogP contribution in [0.25, 0.3) is 6.08 Å². The highest BCUT2D eigenvalue weighted by Gasteiger charge is 2.13. The fourth-order valence-electron chi connectivity index (χ4n) is 1.76. The van der Waals surface area contributed by atoms with E-state index >= 15 is 0 Å². The maximum absolute atomic E-state index is 11.8. The van der Waals surface area contributed by atoms with Crippen LogP contribution < -0.4 is 16.6 Å². The van der Waals surface area contributed by atoms with E-state index in [-0.39, 0.29) is 17.9 Å². The number of carbonyl (C=O) groups is 1. The Morgan fingerprint density at radius 2 is 2.13 bits per heavy atom. The van der Waals surface area contributed by atoms with Gasteiger partial charge in [-0.15, -0.1) is 0 Å². The van der Waals surface area contributed by atoms with Gasteiger partial charge in [0.05, 0.1) is 23.3 Å². The van der Waals surface area contributed by atoms with Crippen LogP contribution in [0, 0.1) is 6.92 Å². The van der Waals surface area contributed by atoms with Crippen LogP contribution in [0.5, 0.6) is 0 Å². The molecule has 0 fully saturated rings. The van der Waals surface area contributed by atoms with E-state index in [1.165, 1.54) is 24.8 Å². The molecule has 128 valence electrons. The van der Waals surface area contributed by atoms with Crippen molar-refractivity contribution in [2.24, 2.45) is 0 Å². The largest absolute Gasteiger partial charge is 0.394 e. The molecule has 0 aliphatic rings. The van der Waals surface area contributed by atoms with Crippen molar-refractivity contribution >= 4 is 34.5 Å². The molecular weight excluding hydrogens is 342 g/mol. The quantitative estimate of drug-likeness (QED) is 0.436. The number of aryl methyl sites for hydroxylation is 1. The first-order valence-electron chi connectivity index (χ1n) is 6.64. The third kappa shape index (κ3) is 6.55. The van der Waals surface area contributed by atoms with E-state index in [1.54, 1.807) is 0 Å². The molecule has 1 rings (SSSR count). The van der Waals surface area contributed by atoms with Gasteiger partial charge in [0.15, 0.2) is 0 Å². The zero-order valence-electron chi connectivity index (χ0n) is 12.8. The van der Waals surface area contributed by atoms with E-state index < -0.39 is 34.0 Å². The molecule has 1 aromatic heterocycles. The zero-order chi connectivity index (χ0) is 17.4. The number of hydrogen-bond donors (Lipinski definition) is 4. The number of aliphatic hydroxyl groups is 1. The topological polar surface area (TPSA) is 132 Å². The Hall–Kier alpha value is -1.65. The minimum absolute atomic E-state index is 0.148. The molecule has 1 heterocycles. The monoisotopic (exact) mass is 361 g/mol. The molecule has 1 amide bonds. The Bertz CT molecular complexity index is 710. The van der Waals surface area contributed by atoms with Gasteiger partial charge in [-0.3, -0.25) is 18.8 Å². The highest BCUT2D eigenvalue weighted by Crippen LogP contribution is 2.00. The van der Waals surface area contributed by atoms with E-state index in [0.717, 1.165) is 6.08 Å². The Morgan fingerprint density at radius 3 is 2.70 bits per heavy atom. The molecule has 4 N–H and O–H groups in total. The molecule has 8 nitrogen and oxygen atoms in total. The number of aliphatic hydroxyl groups excluding tert-OH is 1. The smallest absolute Gasteiger partial charge is 0.325 e. The Balaban J connectivity index is 2.74. The Labute approximate surface area is 139 Å². The van der Waals surface area contributed by atoms with Crippen LogP contribution >= 0.6 is 11.8 Å². The van der Waals surface area contributed by atoms with E-state index in [4.69, 9.17) is 0 Å². The van der Waals surface area contributed by atoms with Gasteiger partial charge in [0.2, 0.25) is 5.91 Å². The Kier molecular flexibility index (Phi) is 8.00. The first kappa shape index (κ1) is 19.4. The molecule has 1 aromatic rings. The summed E-state index contributed by atoms with van der Waals surface area (Å²) in [5.74, 6) is -0.384. The van der Waals surface area contributed by atoms with Crippen LogP contribution in [-0.4, -0.2) is 54.9 Å². The minimum Gasteiger partial charge on any atom is -0.394 e. The first-order chi connectivity index (χ1) is 10.9. The van der Waals surface area contributed by atoms with Gasteiger partial charge in [-0.2, -0.15) is 11.8 Å². The summed E-state index contributed by atoms with van der Waals surface area (Å²) in [4.78, 5) is 39.0. The lowest BCUT2D eigenvalue weighted by atomic mass is 10.2. The number of nitrogens with one attached hydrogen (secondary N) is 3. The summed E-state index contributed by atoms with van der Waals surface area (Å²) < 4.78 is 11.6. The van der Waals surface area contributed by atoms with Crippen LogP contribution in [0.3, 0.4) is 0 Å². The molecule has 0 aliphatic heterocycles. The second kappa shape index (κ2) is 9.48. The van der Waals surface area contributed by atoms with Crippen LogP contribution in [-0.2, 0) is 15.6 Å². The van der Waals surface area contributed by atoms with Crippen molar-refractivity contribution in [3.63, 3.8) is 0 Å². The maximum Gasteiger partial charge on any atom is 0.325 e. The number of amides is 1. The lowest BCUT2D eigenvalue weighted by Gasteiger charge is -2.14. The summed E-state index contributed by atoms with van der Waals surface area (Å²) in [7, 11) is -1.15. The molecule has 0 spiro atoms. The highest BCUT2D eigenvalue weighted by atomic mass is 32.2. The summed E-state index contributed by atoms with van der Waals surface area (Å²) in [5.41, 5.74) is -0.727. The van der Waals surface area contributed by atoms with Gasteiger partial charge in [-0.25, -0.2) is 4.79 Å². The van der Waals surface area contributed by atoms with Gasteiger partial charge >= 0.3 is 5.69 Å². The number of hydrogen-bond acceptors (Lipinski definition) is 6. The van der Waals surface area contributed by atoms with Crippen molar-refractivity contribution in [3.05, 3.63) is 38.2 Å². The van der Waals surface area contributed by atoms with Crippen molar-refractivity contribution in [1.29, 1.82) is 0 Å². The van der Waals surface area contributed by atoms with Crippen LogP contribution in [0.4, 0.5) is 0 Å². The number of rotatable bonds is 8. The highest BCUT2D eigenvalue weighted by molar-refractivity contribution is 8.09. The van der Waals surface area contributed by atoms with Gasteiger partial charge in [0.1, 0.15) is 0 Å². The molecule has 0 aromatic carbocycles. The van der Waals surface area contributed by atoms with E-state index in [2.05, 4.69) is 15.3 Å². The first-order valence-corrected chi connectivity index (χ1v) is 9.52.